The highest BCUT2D eigenvalue weighted by molar-refractivity contribution is 8.01. The molecule has 0 saturated carbocycles. The average Bonchev–Trinajstić information content (AvgIpc) is 2.72. The van der Waals surface area contributed by atoms with Crippen molar-refractivity contribution in [1.29, 1.82) is 0 Å². The Hall–Kier alpha value is -1.16. The van der Waals surface area contributed by atoms with E-state index in [1.54, 1.807) is 11.8 Å². The van der Waals surface area contributed by atoms with Crippen LogP contribution in [0.25, 0.3) is 0 Å². The Bertz CT molecular complexity index is 439. The Morgan fingerprint density at radius 3 is 2.88 bits per heavy atom. The summed E-state index contributed by atoms with van der Waals surface area (Å²) in [5.41, 5.74) is 8.36. The van der Waals surface area contributed by atoms with E-state index in [-0.39, 0.29) is 10.7 Å². The van der Waals surface area contributed by atoms with Crippen LogP contribution < -0.4 is 11.1 Å². The summed E-state index contributed by atoms with van der Waals surface area (Å²) in [6.45, 7) is 3.96. The molecule has 1 saturated heterocycles. The van der Waals surface area contributed by atoms with Gasteiger partial charge in [-0.25, -0.2) is 0 Å². The van der Waals surface area contributed by atoms with Gasteiger partial charge in [0.15, 0.2) is 0 Å². The lowest BCUT2D eigenvalue weighted by Gasteiger charge is -2.21. The largest absolute Gasteiger partial charge is 0.398 e. The smallest absolute Gasteiger partial charge is 0.240 e. The van der Waals surface area contributed by atoms with Crippen LogP contribution in [0, 0.1) is 6.92 Å². The number of amides is 1. The predicted octanol–water partition coefficient (Wildman–Crippen LogP) is 2.80. The molecule has 0 radical (unpaired) electrons. The molecule has 4 heteroatoms. The number of hydrogen-bond acceptors (Lipinski definition) is 3. The van der Waals surface area contributed by atoms with Gasteiger partial charge in [-0.3, -0.25) is 4.79 Å². The molecule has 17 heavy (non-hydrogen) atoms. The number of aryl methyl sites for hydroxylation is 1. The van der Waals surface area contributed by atoms with Crippen LogP contribution in [0.5, 0.6) is 0 Å². The van der Waals surface area contributed by atoms with E-state index in [9.17, 15) is 4.79 Å². The third kappa shape index (κ3) is 2.57. The molecule has 0 aromatic heterocycles. The van der Waals surface area contributed by atoms with E-state index in [2.05, 4.69) is 5.32 Å². The van der Waals surface area contributed by atoms with Crippen LogP contribution in [-0.2, 0) is 4.79 Å². The fourth-order valence-electron chi connectivity index (χ4n) is 1.94. The van der Waals surface area contributed by atoms with Crippen molar-refractivity contribution in [1.82, 2.24) is 0 Å². The number of nitrogen functional groups attached to an aromatic ring is 1. The predicted molar refractivity (Wildman–Crippen MR) is 74.3 cm³/mol. The van der Waals surface area contributed by atoms with Crippen molar-refractivity contribution in [3.8, 4) is 0 Å². The minimum Gasteiger partial charge on any atom is -0.398 e. The molecular formula is C13H18N2OS. The monoisotopic (exact) mass is 250 g/mol. The number of hydrogen-bond donors (Lipinski definition) is 2. The number of anilines is 2. The Morgan fingerprint density at radius 2 is 2.29 bits per heavy atom. The summed E-state index contributed by atoms with van der Waals surface area (Å²) in [4.78, 5) is 12.2. The van der Waals surface area contributed by atoms with Crippen molar-refractivity contribution in [2.75, 3.05) is 16.8 Å². The van der Waals surface area contributed by atoms with Crippen LogP contribution >= 0.6 is 11.8 Å². The maximum absolute atomic E-state index is 12.2. The molecule has 3 N–H and O–H groups in total. The molecule has 0 aliphatic carbocycles. The Morgan fingerprint density at radius 1 is 1.53 bits per heavy atom. The average molecular weight is 250 g/mol. The molecule has 2 rings (SSSR count). The summed E-state index contributed by atoms with van der Waals surface area (Å²) in [7, 11) is 0. The summed E-state index contributed by atoms with van der Waals surface area (Å²) in [6.07, 6.45) is 2.06. The number of nitrogens with two attached hydrogens (primary N) is 1. The Labute approximate surface area is 106 Å². The number of rotatable bonds is 2. The molecule has 0 spiro atoms. The second-order valence-electron chi connectivity index (χ2n) is 4.71. The first-order chi connectivity index (χ1) is 8.01. The number of carbonyl (C=O) groups excluding carboxylic acids is 1. The zero-order valence-electron chi connectivity index (χ0n) is 10.2. The summed E-state index contributed by atoms with van der Waals surface area (Å²) >= 11 is 1.74. The standard InChI is InChI=1S/C13H18N2OS/c1-9-4-5-10(8-11(9)14)15-12(16)13(2)6-3-7-17-13/h4-5,8H,3,6-7,14H2,1-2H3,(H,15,16). The lowest BCUT2D eigenvalue weighted by molar-refractivity contribution is -0.118. The molecule has 1 heterocycles. The lowest BCUT2D eigenvalue weighted by atomic mass is 10.0. The van der Waals surface area contributed by atoms with Crippen LogP contribution in [0.15, 0.2) is 18.2 Å². The van der Waals surface area contributed by atoms with Gasteiger partial charge in [0.25, 0.3) is 0 Å². The van der Waals surface area contributed by atoms with E-state index in [1.165, 1.54) is 0 Å². The fourth-order valence-corrected chi connectivity index (χ4v) is 3.15. The van der Waals surface area contributed by atoms with Crippen molar-refractivity contribution in [2.24, 2.45) is 0 Å². The summed E-state index contributed by atoms with van der Waals surface area (Å²) < 4.78 is -0.278. The van der Waals surface area contributed by atoms with Gasteiger partial charge < -0.3 is 11.1 Å². The third-order valence-electron chi connectivity index (χ3n) is 3.24. The van der Waals surface area contributed by atoms with Gasteiger partial charge in [0.1, 0.15) is 0 Å². The highest BCUT2D eigenvalue weighted by Crippen LogP contribution is 2.38. The van der Waals surface area contributed by atoms with Gasteiger partial charge in [-0.15, -0.1) is 11.8 Å². The van der Waals surface area contributed by atoms with E-state index in [0.717, 1.165) is 29.8 Å². The van der Waals surface area contributed by atoms with Crippen molar-refractivity contribution < 1.29 is 4.79 Å². The van der Waals surface area contributed by atoms with Crippen molar-refractivity contribution in [2.45, 2.75) is 31.4 Å². The molecule has 3 nitrogen and oxygen atoms in total. The van der Waals surface area contributed by atoms with Crippen molar-refractivity contribution in [3.63, 3.8) is 0 Å². The Balaban J connectivity index is 2.10. The molecule has 1 unspecified atom stereocenters. The van der Waals surface area contributed by atoms with Crippen LogP contribution in [0.2, 0.25) is 0 Å². The van der Waals surface area contributed by atoms with Gasteiger partial charge in [-0.1, -0.05) is 6.07 Å². The quantitative estimate of drug-likeness (QED) is 0.794. The van der Waals surface area contributed by atoms with Crippen LogP contribution in [0.3, 0.4) is 0 Å². The highest BCUT2D eigenvalue weighted by atomic mass is 32.2. The molecule has 1 aromatic carbocycles. The highest BCUT2D eigenvalue weighted by Gasteiger charge is 2.37. The molecule has 0 bridgehead atoms. The van der Waals surface area contributed by atoms with Gasteiger partial charge in [0.05, 0.1) is 4.75 Å². The molecular weight excluding hydrogens is 232 g/mol. The molecule has 1 aromatic rings. The molecule has 92 valence electrons. The second kappa shape index (κ2) is 4.61. The van der Waals surface area contributed by atoms with Gasteiger partial charge >= 0.3 is 0 Å². The fraction of sp³-hybridized carbons (Fsp3) is 0.462. The molecule has 1 aliphatic heterocycles. The Kier molecular flexibility index (Phi) is 3.33. The number of benzene rings is 1. The van der Waals surface area contributed by atoms with E-state index in [4.69, 9.17) is 5.73 Å². The van der Waals surface area contributed by atoms with E-state index >= 15 is 0 Å². The van der Waals surface area contributed by atoms with Crippen LogP contribution in [0.4, 0.5) is 11.4 Å². The topological polar surface area (TPSA) is 55.1 Å². The number of nitrogens with one attached hydrogen (secondary N) is 1. The van der Waals surface area contributed by atoms with Crippen molar-refractivity contribution >= 4 is 29.0 Å². The molecule has 1 fully saturated rings. The van der Waals surface area contributed by atoms with Gasteiger partial charge in [0, 0.05) is 11.4 Å². The third-order valence-corrected chi connectivity index (χ3v) is 4.76. The van der Waals surface area contributed by atoms with Gasteiger partial charge in [0.2, 0.25) is 5.91 Å². The van der Waals surface area contributed by atoms with E-state index in [1.807, 2.05) is 32.0 Å². The first kappa shape index (κ1) is 12.3. The minimum atomic E-state index is -0.278. The zero-order chi connectivity index (χ0) is 12.5. The van der Waals surface area contributed by atoms with Gasteiger partial charge in [-0.2, -0.15) is 0 Å². The first-order valence-electron chi connectivity index (χ1n) is 5.83. The van der Waals surface area contributed by atoms with Crippen LogP contribution in [0.1, 0.15) is 25.3 Å². The molecule has 1 amide bonds. The second-order valence-corrected chi connectivity index (χ2v) is 6.31. The summed E-state index contributed by atoms with van der Waals surface area (Å²) in [6, 6.07) is 5.64. The SMILES string of the molecule is Cc1ccc(NC(=O)C2(C)CCCS2)cc1N. The normalized spacial score (nSPS) is 23.6. The zero-order valence-corrected chi connectivity index (χ0v) is 11.1. The molecule has 1 atom stereocenters. The maximum Gasteiger partial charge on any atom is 0.240 e. The number of thioether (sulfide) groups is 1. The first-order valence-corrected chi connectivity index (χ1v) is 6.81. The van der Waals surface area contributed by atoms with Crippen LogP contribution in [-0.4, -0.2) is 16.4 Å². The maximum atomic E-state index is 12.2. The summed E-state index contributed by atoms with van der Waals surface area (Å²) in [5, 5.41) is 2.95. The van der Waals surface area contributed by atoms with Crippen molar-refractivity contribution in [3.05, 3.63) is 23.8 Å². The molecule has 1 aliphatic rings. The van der Waals surface area contributed by atoms with E-state index < -0.39 is 0 Å². The summed E-state index contributed by atoms with van der Waals surface area (Å²) in [5.74, 6) is 1.16. The van der Waals surface area contributed by atoms with E-state index in [0.29, 0.717) is 5.69 Å². The number of carbonyl (C=O) groups is 1. The van der Waals surface area contributed by atoms with Gasteiger partial charge in [-0.05, 0) is 50.1 Å². The lowest BCUT2D eigenvalue weighted by Crippen LogP contribution is -2.34. The minimum absolute atomic E-state index is 0.0863.